The van der Waals surface area contributed by atoms with Crippen molar-refractivity contribution in [3.05, 3.63) is 58.6 Å². The number of benzene rings is 2. The number of nitrogens with one attached hydrogen (secondary N) is 1. The van der Waals surface area contributed by atoms with E-state index < -0.39 is 10.0 Å². The highest BCUT2D eigenvalue weighted by atomic mass is 35.5. The van der Waals surface area contributed by atoms with Crippen molar-refractivity contribution >= 4 is 44.5 Å². The summed E-state index contributed by atoms with van der Waals surface area (Å²) in [5, 5.41) is 0.387. The highest BCUT2D eigenvalue weighted by molar-refractivity contribution is 7.92. The Morgan fingerprint density at radius 1 is 1.24 bits per heavy atom. The second-order valence-corrected chi connectivity index (χ2v) is 6.95. The fourth-order valence-electron chi connectivity index (χ4n) is 1.87. The number of rotatable bonds is 4. The smallest absolute Gasteiger partial charge is 0.262 e. The van der Waals surface area contributed by atoms with E-state index in [1.165, 1.54) is 12.1 Å². The monoisotopic (exact) mass is 340 g/mol. The number of sulfonamides is 1. The van der Waals surface area contributed by atoms with Gasteiger partial charge in [-0.1, -0.05) is 42.0 Å². The molecule has 3 N–H and O–H groups in total. The lowest BCUT2D eigenvalue weighted by Crippen LogP contribution is -2.18. The van der Waals surface area contributed by atoms with Crippen LogP contribution in [0.1, 0.15) is 11.1 Å². The van der Waals surface area contributed by atoms with Crippen molar-refractivity contribution in [1.82, 2.24) is 0 Å². The summed E-state index contributed by atoms with van der Waals surface area (Å²) in [7, 11) is -3.74. The Labute approximate surface area is 134 Å². The van der Waals surface area contributed by atoms with Crippen LogP contribution in [0, 0.1) is 6.92 Å². The first kappa shape index (κ1) is 15.8. The normalized spacial score (nSPS) is 11.1. The van der Waals surface area contributed by atoms with E-state index in [0.717, 1.165) is 0 Å². The van der Waals surface area contributed by atoms with E-state index >= 15 is 0 Å². The largest absolute Gasteiger partial charge is 0.389 e. The molecule has 0 aromatic heterocycles. The molecule has 0 saturated heterocycles. The minimum Gasteiger partial charge on any atom is -0.389 e. The van der Waals surface area contributed by atoms with Crippen molar-refractivity contribution in [2.24, 2.45) is 5.73 Å². The van der Waals surface area contributed by atoms with E-state index in [0.29, 0.717) is 16.1 Å². The molecule has 0 saturated carbocycles. The van der Waals surface area contributed by atoms with Gasteiger partial charge in [-0.05, 0) is 36.8 Å². The van der Waals surface area contributed by atoms with Gasteiger partial charge in [0.15, 0.2) is 0 Å². The van der Waals surface area contributed by atoms with Gasteiger partial charge in [-0.3, -0.25) is 4.72 Å². The molecule has 2 aromatic carbocycles. The third-order valence-electron chi connectivity index (χ3n) is 2.87. The second-order valence-electron chi connectivity index (χ2n) is 4.43. The number of hydrogen-bond donors (Lipinski definition) is 2. The van der Waals surface area contributed by atoms with Gasteiger partial charge in [0.05, 0.1) is 10.6 Å². The highest BCUT2D eigenvalue weighted by Gasteiger charge is 2.18. The van der Waals surface area contributed by atoms with E-state index in [2.05, 4.69) is 4.72 Å². The number of hydrogen-bond acceptors (Lipinski definition) is 3. The Hall–Kier alpha value is -1.63. The lowest BCUT2D eigenvalue weighted by Gasteiger charge is -2.13. The summed E-state index contributed by atoms with van der Waals surface area (Å²) < 4.78 is 27.4. The van der Waals surface area contributed by atoms with Gasteiger partial charge in [0.1, 0.15) is 4.99 Å². The summed E-state index contributed by atoms with van der Waals surface area (Å²) >= 11 is 10.8. The zero-order valence-corrected chi connectivity index (χ0v) is 13.5. The van der Waals surface area contributed by atoms with Crippen molar-refractivity contribution < 1.29 is 8.42 Å². The summed E-state index contributed by atoms with van der Waals surface area (Å²) in [6.07, 6.45) is 0. The van der Waals surface area contributed by atoms with E-state index in [9.17, 15) is 8.42 Å². The van der Waals surface area contributed by atoms with Gasteiger partial charge < -0.3 is 5.73 Å². The molecule has 7 heteroatoms. The molecule has 2 rings (SSSR count). The predicted octanol–water partition coefficient (Wildman–Crippen LogP) is 3.08. The summed E-state index contributed by atoms with van der Waals surface area (Å²) in [5.74, 6) is 0. The number of aryl methyl sites for hydroxylation is 1. The molecule has 0 atom stereocenters. The van der Waals surface area contributed by atoms with Crippen molar-refractivity contribution in [1.29, 1.82) is 0 Å². The number of thiocarbonyl (C=S) groups is 1. The van der Waals surface area contributed by atoms with Crippen molar-refractivity contribution in [3.63, 3.8) is 0 Å². The van der Waals surface area contributed by atoms with Crippen LogP contribution in [0.5, 0.6) is 0 Å². The first-order valence-electron chi connectivity index (χ1n) is 5.99. The third-order valence-corrected chi connectivity index (χ3v) is 4.86. The molecule has 0 amide bonds. The quantitative estimate of drug-likeness (QED) is 0.839. The molecule has 0 aliphatic rings. The molecule has 0 bridgehead atoms. The molecule has 110 valence electrons. The van der Waals surface area contributed by atoms with Crippen LogP contribution in [0.25, 0.3) is 0 Å². The predicted molar refractivity (Wildman–Crippen MR) is 89.3 cm³/mol. The molecule has 4 nitrogen and oxygen atoms in total. The molecule has 2 aromatic rings. The van der Waals surface area contributed by atoms with Crippen LogP contribution < -0.4 is 10.5 Å². The molecule has 0 aliphatic heterocycles. The highest BCUT2D eigenvalue weighted by Crippen LogP contribution is 2.25. The van der Waals surface area contributed by atoms with Crippen LogP contribution in [0.2, 0.25) is 5.02 Å². The molecule has 0 spiro atoms. The maximum atomic E-state index is 12.5. The molecular formula is C14H13ClN2O2S2. The van der Waals surface area contributed by atoms with E-state index in [4.69, 9.17) is 29.6 Å². The van der Waals surface area contributed by atoms with Crippen LogP contribution in [0.15, 0.2) is 47.4 Å². The summed E-state index contributed by atoms with van der Waals surface area (Å²) in [5.41, 5.74) is 6.93. The molecule has 0 fully saturated rings. The Morgan fingerprint density at radius 2 is 1.90 bits per heavy atom. The second kappa shape index (κ2) is 6.01. The standard InChI is InChI=1S/C14H13ClN2O2S2/c1-9-4-2-3-5-13(9)21(18,19)17-12-8-10(15)6-7-11(12)14(16)20/h2-8,17H,1H3,(H2,16,20). The maximum Gasteiger partial charge on any atom is 0.262 e. The molecular weight excluding hydrogens is 328 g/mol. The SMILES string of the molecule is Cc1ccccc1S(=O)(=O)Nc1cc(Cl)ccc1C(N)=S. The average Bonchev–Trinajstić information content (AvgIpc) is 2.38. The number of nitrogens with two attached hydrogens (primary N) is 1. The third kappa shape index (κ3) is 3.53. The van der Waals surface area contributed by atoms with Crippen molar-refractivity contribution in [2.75, 3.05) is 4.72 Å². The van der Waals surface area contributed by atoms with Crippen molar-refractivity contribution in [2.45, 2.75) is 11.8 Å². The molecule has 0 heterocycles. The van der Waals surface area contributed by atoms with E-state index in [1.807, 2.05) is 0 Å². The lowest BCUT2D eigenvalue weighted by molar-refractivity contribution is 0.600. The Morgan fingerprint density at radius 3 is 2.52 bits per heavy atom. The lowest BCUT2D eigenvalue weighted by atomic mass is 10.2. The number of halogens is 1. The molecule has 0 unspecified atom stereocenters. The zero-order valence-electron chi connectivity index (χ0n) is 11.1. The summed E-state index contributed by atoms with van der Waals surface area (Å²) in [6.45, 7) is 1.72. The zero-order chi connectivity index (χ0) is 15.6. The van der Waals surface area contributed by atoms with Gasteiger partial charge in [0, 0.05) is 10.6 Å². The van der Waals surface area contributed by atoms with E-state index in [-0.39, 0.29) is 15.6 Å². The fourth-order valence-corrected chi connectivity index (χ4v) is 3.54. The van der Waals surface area contributed by atoms with Gasteiger partial charge >= 0.3 is 0 Å². The van der Waals surface area contributed by atoms with Gasteiger partial charge in [0.2, 0.25) is 0 Å². The minimum atomic E-state index is -3.74. The topological polar surface area (TPSA) is 72.2 Å². The molecule has 21 heavy (non-hydrogen) atoms. The van der Waals surface area contributed by atoms with Gasteiger partial charge in [0.25, 0.3) is 10.0 Å². The first-order valence-corrected chi connectivity index (χ1v) is 8.26. The van der Waals surface area contributed by atoms with Crippen molar-refractivity contribution in [3.8, 4) is 0 Å². The van der Waals surface area contributed by atoms with Gasteiger partial charge in [-0.15, -0.1) is 0 Å². The summed E-state index contributed by atoms with van der Waals surface area (Å²) in [6, 6.07) is 11.3. The van der Waals surface area contributed by atoms with E-state index in [1.54, 1.807) is 37.3 Å². The maximum absolute atomic E-state index is 12.5. The molecule has 0 aliphatic carbocycles. The van der Waals surface area contributed by atoms with Crippen LogP contribution >= 0.6 is 23.8 Å². The Bertz CT molecular complexity index is 804. The minimum absolute atomic E-state index is 0.0918. The van der Waals surface area contributed by atoms with Gasteiger partial charge in [-0.2, -0.15) is 0 Å². The number of anilines is 1. The van der Waals surface area contributed by atoms with Crippen LogP contribution in [-0.2, 0) is 10.0 Å². The average molecular weight is 341 g/mol. The van der Waals surface area contributed by atoms with Gasteiger partial charge in [-0.25, -0.2) is 8.42 Å². The molecule has 0 radical (unpaired) electrons. The van der Waals surface area contributed by atoms with Crippen LogP contribution in [-0.4, -0.2) is 13.4 Å². The van der Waals surface area contributed by atoms with Crippen LogP contribution in [0.3, 0.4) is 0 Å². The fraction of sp³-hybridized carbons (Fsp3) is 0.0714. The summed E-state index contributed by atoms with van der Waals surface area (Å²) in [4.78, 5) is 0.285. The first-order chi connectivity index (χ1) is 9.81. The Kier molecular flexibility index (Phi) is 4.51. The van der Waals surface area contributed by atoms with Crippen LogP contribution in [0.4, 0.5) is 5.69 Å². The Balaban J connectivity index is 2.49.